The highest BCUT2D eigenvalue weighted by Gasteiger charge is 2.48. The minimum atomic E-state index is -2.93. The molecule has 21 heavy (non-hydrogen) atoms. The van der Waals surface area contributed by atoms with Crippen LogP contribution in [-0.2, 0) is 14.6 Å². The first kappa shape index (κ1) is 16.7. The third-order valence-electron chi connectivity index (χ3n) is 4.80. The summed E-state index contributed by atoms with van der Waals surface area (Å²) in [5, 5.41) is 12.8. The number of rotatable bonds is 5. The molecule has 0 aromatic heterocycles. The van der Waals surface area contributed by atoms with Gasteiger partial charge in [-0.1, -0.05) is 6.92 Å². The maximum atomic E-state index is 11.7. The van der Waals surface area contributed by atoms with E-state index in [2.05, 4.69) is 10.2 Å². The van der Waals surface area contributed by atoms with E-state index in [-0.39, 0.29) is 23.6 Å². The molecule has 3 unspecified atom stereocenters. The number of hydrogen-bond donors (Lipinski definition) is 2. The average molecular weight is 318 g/mol. The molecular weight excluding hydrogens is 292 g/mol. The van der Waals surface area contributed by atoms with Crippen LogP contribution in [0.25, 0.3) is 0 Å². The molecule has 122 valence electrons. The van der Waals surface area contributed by atoms with E-state index in [1.165, 1.54) is 0 Å². The van der Waals surface area contributed by atoms with Crippen molar-refractivity contribution < 1.29 is 18.3 Å². The first-order valence-electron chi connectivity index (χ1n) is 7.74. The van der Waals surface area contributed by atoms with Gasteiger partial charge in [-0.15, -0.1) is 0 Å². The van der Waals surface area contributed by atoms with Gasteiger partial charge in [-0.25, -0.2) is 8.42 Å². The maximum absolute atomic E-state index is 11.7. The van der Waals surface area contributed by atoms with Crippen molar-refractivity contribution in [3.05, 3.63) is 0 Å². The highest BCUT2D eigenvalue weighted by atomic mass is 32.2. The molecule has 0 aromatic carbocycles. The van der Waals surface area contributed by atoms with Gasteiger partial charge in [-0.3, -0.25) is 9.69 Å². The zero-order valence-electron chi connectivity index (χ0n) is 12.8. The standard InChI is InChI=1S/C14H26N2O4S/c1-3-6-15-14(13(17)18)5-4-12(9-14)16-7-8-21(19,20)10-11(16)2/h11-12,15H,3-10H2,1-2H3,(H,17,18). The molecule has 2 rings (SSSR count). The second kappa shape index (κ2) is 6.22. The Bertz CT molecular complexity index is 493. The van der Waals surface area contributed by atoms with Crippen molar-refractivity contribution in [3.63, 3.8) is 0 Å². The summed E-state index contributed by atoms with van der Waals surface area (Å²) in [4.78, 5) is 13.9. The normalized spacial score (nSPS) is 36.7. The lowest BCUT2D eigenvalue weighted by Crippen LogP contribution is -2.54. The van der Waals surface area contributed by atoms with Gasteiger partial charge in [0.1, 0.15) is 5.54 Å². The molecule has 1 aliphatic heterocycles. The predicted molar refractivity (Wildman–Crippen MR) is 81.1 cm³/mol. The van der Waals surface area contributed by atoms with E-state index in [0.29, 0.717) is 25.9 Å². The van der Waals surface area contributed by atoms with E-state index in [9.17, 15) is 18.3 Å². The van der Waals surface area contributed by atoms with Crippen molar-refractivity contribution in [1.82, 2.24) is 10.2 Å². The number of hydrogen-bond acceptors (Lipinski definition) is 5. The van der Waals surface area contributed by atoms with Crippen molar-refractivity contribution in [3.8, 4) is 0 Å². The van der Waals surface area contributed by atoms with Gasteiger partial charge in [0.05, 0.1) is 11.5 Å². The van der Waals surface area contributed by atoms with Gasteiger partial charge in [0.2, 0.25) is 0 Å². The molecule has 2 aliphatic rings. The molecule has 1 saturated heterocycles. The van der Waals surface area contributed by atoms with E-state index >= 15 is 0 Å². The Kier molecular flexibility index (Phi) is 4.95. The monoisotopic (exact) mass is 318 g/mol. The van der Waals surface area contributed by atoms with Crippen molar-refractivity contribution in [2.45, 2.75) is 57.2 Å². The van der Waals surface area contributed by atoms with Crippen molar-refractivity contribution in [2.75, 3.05) is 24.6 Å². The summed E-state index contributed by atoms with van der Waals surface area (Å²) in [5.74, 6) is -0.404. The number of carboxylic acids is 1. The lowest BCUT2D eigenvalue weighted by Gasteiger charge is -2.38. The molecule has 6 nitrogen and oxygen atoms in total. The highest BCUT2D eigenvalue weighted by Crippen LogP contribution is 2.35. The van der Waals surface area contributed by atoms with E-state index in [1.54, 1.807) is 0 Å². The topological polar surface area (TPSA) is 86.7 Å². The average Bonchev–Trinajstić information content (AvgIpc) is 2.81. The molecule has 0 amide bonds. The van der Waals surface area contributed by atoms with Crippen molar-refractivity contribution >= 4 is 15.8 Å². The fourth-order valence-corrected chi connectivity index (χ4v) is 5.23. The van der Waals surface area contributed by atoms with Crippen LogP contribution in [0.3, 0.4) is 0 Å². The molecule has 2 fully saturated rings. The van der Waals surface area contributed by atoms with Crippen LogP contribution < -0.4 is 5.32 Å². The molecule has 0 spiro atoms. The van der Waals surface area contributed by atoms with Crippen LogP contribution in [0.2, 0.25) is 0 Å². The maximum Gasteiger partial charge on any atom is 0.323 e. The lowest BCUT2D eigenvalue weighted by molar-refractivity contribution is -0.144. The molecule has 7 heteroatoms. The summed E-state index contributed by atoms with van der Waals surface area (Å²) < 4.78 is 23.3. The fourth-order valence-electron chi connectivity index (χ4n) is 3.65. The van der Waals surface area contributed by atoms with Crippen LogP contribution >= 0.6 is 0 Å². The summed E-state index contributed by atoms with van der Waals surface area (Å²) in [6.07, 6.45) is 2.89. The number of aliphatic carboxylic acids is 1. The van der Waals surface area contributed by atoms with Crippen molar-refractivity contribution in [1.29, 1.82) is 0 Å². The fraction of sp³-hybridized carbons (Fsp3) is 0.929. The molecular formula is C14H26N2O4S. The van der Waals surface area contributed by atoms with E-state index in [1.807, 2.05) is 13.8 Å². The summed E-state index contributed by atoms with van der Waals surface area (Å²) in [6.45, 7) is 5.17. The van der Waals surface area contributed by atoms with Crippen LogP contribution in [0.4, 0.5) is 0 Å². The number of sulfone groups is 1. The van der Waals surface area contributed by atoms with Crippen LogP contribution in [0.1, 0.15) is 39.5 Å². The van der Waals surface area contributed by atoms with Crippen LogP contribution in [0.5, 0.6) is 0 Å². The third-order valence-corrected chi connectivity index (χ3v) is 6.60. The summed E-state index contributed by atoms with van der Waals surface area (Å²) in [6, 6.07) is 0.139. The molecule has 1 saturated carbocycles. The zero-order valence-corrected chi connectivity index (χ0v) is 13.7. The van der Waals surface area contributed by atoms with Gasteiger partial charge in [0.15, 0.2) is 9.84 Å². The Morgan fingerprint density at radius 1 is 1.48 bits per heavy atom. The molecule has 0 bridgehead atoms. The Morgan fingerprint density at radius 2 is 2.19 bits per heavy atom. The largest absolute Gasteiger partial charge is 0.480 e. The van der Waals surface area contributed by atoms with Gasteiger partial charge >= 0.3 is 5.97 Å². The summed E-state index contributed by atoms with van der Waals surface area (Å²) in [7, 11) is -2.93. The molecule has 1 heterocycles. The minimum Gasteiger partial charge on any atom is -0.480 e. The van der Waals surface area contributed by atoms with Crippen LogP contribution in [-0.4, -0.2) is 66.6 Å². The summed E-state index contributed by atoms with van der Waals surface area (Å²) in [5.41, 5.74) is -0.837. The smallest absolute Gasteiger partial charge is 0.323 e. The number of carboxylic acid groups (broad SMARTS) is 1. The van der Waals surface area contributed by atoms with Gasteiger partial charge in [-0.2, -0.15) is 0 Å². The Hall–Kier alpha value is -0.660. The predicted octanol–water partition coefficient (Wildman–Crippen LogP) is 0.481. The number of nitrogens with zero attached hydrogens (tertiary/aromatic N) is 1. The van der Waals surface area contributed by atoms with E-state index < -0.39 is 21.3 Å². The molecule has 2 N–H and O–H groups in total. The van der Waals surface area contributed by atoms with Gasteiger partial charge in [-0.05, 0) is 39.2 Å². The third kappa shape index (κ3) is 3.57. The second-order valence-corrected chi connectivity index (χ2v) is 8.64. The molecule has 1 aliphatic carbocycles. The van der Waals surface area contributed by atoms with Gasteiger partial charge in [0, 0.05) is 18.6 Å². The van der Waals surface area contributed by atoms with E-state index in [0.717, 1.165) is 12.8 Å². The molecule has 0 radical (unpaired) electrons. The highest BCUT2D eigenvalue weighted by molar-refractivity contribution is 7.91. The number of nitrogens with one attached hydrogen (secondary N) is 1. The SMILES string of the molecule is CCCNC1(C(=O)O)CCC(N2CCS(=O)(=O)CC2C)C1. The first-order valence-corrected chi connectivity index (χ1v) is 9.56. The first-order chi connectivity index (χ1) is 9.80. The van der Waals surface area contributed by atoms with Crippen molar-refractivity contribution in [2.24, 2.45) is 0 Å². The Labute approximate surface area is 126 Å². The van der Waals surface area contributed by atoms with E-state index in [4.69, 9.17) is 0 Å². The Morgan fingerprint density at radius 3 is 2.76 bits per heavy atom. The molecule has 3 atom stereocenters. The quantitative estimate of drug-likeness (QED) is 0.767. The zero-order chi connectivity index (χ0) is 15.7. The van der Waals surface area contributed by atoms with Crippen LogP contribution in [0, 0.1) is 0 Å². The lowest BCUT2D eigenvalue weighted by atomic mass is 9.97. The second-order valence-electron chi connectivity index (χ2n) is 6.41. The minimum absolute atomic E-state index is 0.0236. The Balaban J connectivity index is 2.05. The van der Waals surface area contributed by atoms with Gasteiger partial charge < -0.3 is 10.4 Å². The molecule has 0 aromatic rings. The number of carbonyl (C=O) groups is 1. The summed E-state index contributed by atoms with van der Waals surface area (Å²) >= 11 is 0. The van der Waals surface area contributed by atoms with Gasteiger partial charge in [0.25, 0.3) is 0 Å². The van der Waals surface area contributed by atoms with Crippen LogP contribution in [0.15, 0.2) is 0 Å².